The normalized spacial score (nSPS) is 17.1. The first-order valence-corrected chi connectivity index (χ1v) is 8.64. The summed E-state index contributed by atoms with van der Waals surface area (Å²) < 4.78 is 7.00. The number of halogens is 1. The molecule has 118 valence electrons. The predicted molar refractivity (Wildman–Crippen MR) is 89.7 cm³/mol. The lowest BCUT2D eigenvalue weighted by Crippen LogP contribution is -2.21. The Hall–Kier alpha value is -0.580. The number of ether oxygens (including phenoxy) is 1. The molecule has 0 amide bonds. The van der Waals surface area contributed by atoms with Crippen molar-refractivity contribution in [2.45, 2.75) is 51.7 Å². The maximum Gasteiger partial charge on any atom is 0.126 e. The average molecular weight is 356 g/mol. The molecule has 2 N–H and O–H groups in total. The number of rotatable bonds is 7. The van der Waals surface area contributed by atoms with E-state index in [2.05, 4.69) is 33.4 Å². The SMILES string of the molecule is CNCc1cc(Br)cc(C)c1OCC(O)CC1CCCC1. The van der Waals surface area contributed by atoms with Crippen LogP contribution in [0.3, 0.4) is 0 Å². The van der Waals surface area contributed by atoms with Crippen molar-refractivity contribution in [2.24, 2.45) is 5.92 Å². The van der Waals surface area contributed by atoms with Crippen molar-refractivity contribution in [3.05, 3.63) is 27.7 Å². The first-order chi connectivity index (χ1) is 10.1. The van der Waals surface area contributed by atoms with E-state index in [1.54, 1.807) is 0 Å². The molecule has 1 atom stereocenters. The van der Waals surface area contributed by atoms with Gasteiger partial charge in [-0.15, -0.1) is 0 Å². The minimum Gasteiger partial charge on any atom is -0.490 e. The Morgan fingerprint density at radius 3 is 2.76 bits per heavy atom. The molecule has 0 spiro atoms. The van der Waals surface area contributed by atoms with E-state index in [9.17, 15) is 5.11 Å². The van der Waals surface area contributed by atoms with Crippen LogP contribution < -0.4 is 10.1 Å². The van der Waals surface area contributed by atoms with Gasteiger partial charge >= 0.3 is 0 Å². The second-order valence-corrected chi connectivity index (χ2v) is 7.01. The van der Waals surface area contributed by atoms with Crippen molar-refractivity contribution >= 4 is 15.9 Å². The average Bonchev–Trinajstić information content (AvgIpc) is 2.90. The number of benzene rings is 1. The van der Waals surface area contributed by atoms with Gasteiger partial charge in [0.05, 0.1) is 6.10 Å². The fraction of sp³-hybridized carbons (Fsp3) is 0.647. The molecule has 21 heavy (non-hydrogen) atoms. The van der Waals surface area contributed by atoms with E-state index < -0.39 is 0 Å². The van der Waals surface area contributed by atoms with E-state index >= 15 is 0 Å². The molecule has 1 unspecified atom stereocenters. The minimum absolute atomic E-state index is 0.362. The molecule has 1 aromatic rings. The van der Waals surface area contributed by atoms with E-state index in [1.165, 1.54) is 25.7 Å². The monoisotopic (exact) mass is 355 g/mol. The van der Waals surface area contributed by atoms with Crippen LogP contribution >= 0.6 is 15.9 Å². The number of nitrogens with one attached hydrogen (secondary N) is 1. The van der Waals surface area contributed by atoms with Crippen LogP contribution in [-0.4, -0.2) is 24.9 Å². The second kappa shape index (κ2) is 8.16. The Morgan fingerprint density at radius 2 is 2.10 bits per heavy atom. The summed E-state index contributed by atoms with van der Waals surface area (Å²) in [6.45, 7) is 3.19. The Balaban J connectivity index is 1.94. The molecule has 1 aliphatic carbocycles. The molecule has 3 nitrogen and oxygen atoms in total. The molecule has 0 aromatic heterocycles. The molecule has 0 heterocycles. The Bertz CT molecular complexity index is 458. The van der Waals surface area contributed by atoms with Gasteiger partial charge in [-0.1, -0.05) is 41.6 Å². The van der Waals surface area contributed by atoms with Crippen LogP contribution in [0.2, 0.25) is 0 Å². The van der Waals surface area contributed by atoms with Crippen molar-refractivity contribution in [1.29, 1.82) is 0 Å². The summed E-state index contributed by atoms with van der Waals surface area (Å²) in [5.74, 6) is 1.59. The van der Waals surface area contributed by atoms with E-state index in [0.717, 1.165) is 34.3 Å². The Kier molecular flexibility index (Phi) is 6.52. The van der Waals surface area contributed by atoms with Gasteiger partial charge in [-0.25, -0.2) is 0 Å². The maximum absolute atomic E-state index is 10.2. The summed E-state index contributed by atoms with van der Waals surface area (Å²) in [5.41, 5.74) is 2.22. The van der Waals surface area contributed by atoms with Crippen LogP contribution in [0.5, 0.6) is 5.75 Å². The standard InChI is InChI=1S/C17H26BrNO2/c1-12-7-15(18)9-14(10-19-2)17(12)21-11-16(20)8-13-5-3-4-6-13/h7,9,13,16,19-20H,3-6,8,10-11H2,1-2H3. The van der Waals surface area contributed by atoms with Crippen LogP contribution in [-0.2, 0) is 6.54 Å². The van der Waals surface area contributed by atoms with Crippen LogP contribution in [0.25, 0.3) is 0 Å². The topological polar surface area (TPSA) is 41.5 Å². The molecule has 0 bridgehead atoms. The fourth-order valence-corrected chi connectivity index (χ4v) is 3.83. The summed E-state index contributed by atoms with van der Waals surface area (Å²) in [6, 6.07) is 4.13. The predicted octanol–water partition coefficient (Wildman–Crippen LogP) is 3.80. The largest absolute Gasteiger partial charge is 0.490 e. The molecule has 0 saturated heterocycles. The Labute approximate surface area is 136 Å². The fourth-order valence-electron chi connectivity index (χ4n) is 3.21. The number of hydrogen-bond donors (Lipinski definition) is 2. The van der Waals surface area contributed by atoms with Crippen molar-refractivity contribution < 1.29 is 9.84 Å². The second-order valence-electron chi connectivity index (χ2n) is 6.09. The maximum atomic E-state index is 10.2. The number of aliphatic hydroxyl groups is 1. The van der Waals surface area contributed by atoms with E-state index in [4.69, 9.17) is 4.74 Å². The molecule has 1 fully saturated rings. The quantitative estimate of drug-likeness (QED) is 0.781. The zero-order valence-electron chi connectivity index (χ0n) is 13.0. The van der Waals surface area contributed by atoms with Gasteiger partial charge in [0.25, 0.3) is 0 Å². The summed E-state index contributed by atoms with van der Waals surface area (Å²) in [6.07, 6.45) is 5.67. The molecule has 1 aromatic carbocycles. The van der Waals surface area contributed by atoms with Crippen LogP contribution in [0.1, 0.15) is 43.2 Å². The molecule has 1 saturated carbocycles. The molecule has 2 rings (SSSR count). The molecule has 0 radical (unpaired) electrons. The number of hydrogen-bond acceptors (Lipinski definition) is 3. The number of aryl methyl sites for hydroxylation is 1. The minimum atomic E-state index is -0.362. The van der Waals surface area contributed by atoms with Gasteiger partial charge in [0.1, 0.15) is 12.4 Å². The highest BCUT2D eigenvalue weighted by molar-refractivity contribution is 9.10. The highest BCUT2D eigenvalue weighted by Crippen LogP contribution is 2.30. The van der Waals surface area contributed by atoms with Crippen molar-refractivity contribution in [1.82, 2.24) is 5.32 Å². The first kappa shape index (κ1) is 16.8. The lowest BCUT2D eigenvalue weighted by atomic mass is 10.0. The van der Waals surface area contributed by atoms with Crippen molar-refractivity contribution in [3.63, 3.8) is 0 Å². The highest BCUT2D eigenvalue weighted by atomic mass is 79.9. The third-order valence-electron chi connectivity index (χ3n) is 4.18. The molecule has 4 heteroatoms. The first-order valence-electron chi connectivity index (χ1n) is 7.84. The van der Waals surface area contributed by atoms with Gasteiger partial charge in [0.2, 0.25) is 0 Å². The van der Waals surface area contributed by atoms with Gasteiger partial charge in [-0.2, -0.15) is 0 Å². The van der Waals surface area contributed by atoms with Crippen LogP contribution in [0, 0.1) is 12.8 Å². The summed E-state index contributed by atoms with van der Waals surface area (Å²) in [5, 5.41) is 13.3. The van der Waals surface area contributed by atoms with Gasteiger partial charge in [0, 0.05) is 16.6 Å². The highest BCUT2D eigenvalue weighted by Gasteiger charge is 2.19. The van der Waals surface area contributed by atoms with Gasteiger partial charge in [0.15, 0.2) is 0 Å². The number of aliphatic hydroxyl groups excluding tert-OH is 1. The van der Waals surface area contributed by atoms with Crippen LogP contribution in [0.4, 0.5) is 0 Å². The molecular formula is C17H26BrNO2. The van der Waals surface area contributed by atoms with Crippen molar-refractivity contribution in [3.8, 4) is 5.75 Å². The zero-order chi connectivity index (χ0) is 15.2. The smallest absolute Gasteiger partial charge is 0.126 e. The lowest BCUT2D eigenvalue weighted by Gasteiger charge is -2.19. The summed E-state index contributed by atoms with van der Waals surface area (Å²) in [4.78, 5) is 0. The summed E-state index contributed by atoms with van der Waals surface area (Å²) in [7, 11) is 1.93. The van der Waals surface area contributed by atoms with E-state index in [-0.39, 0.29) is 6.10 Å². The van der Waals surface area contributed by atoms with Gasteiger partial charge in [-0.05, 0) is 44.0 Å². The van der Waals surface area contributed by atoms with Crippen LogP contribution in [0.15, 0.2) is 16.6 Å². The lowest BCUT2D eigenvalue weighted by molar-refractivity contribution is 0.0847. The molecular weight excluding hydrogens is 330 g/mol. The van der Waals surface area contributed by atoms with Crippen molar-refractivity contribution in [2.75, 3.05) is 13.7 Å². The van der Waals surface area contributed by atoms with E-state index in [1.807, 2.05) is 14.0 Å². The third kappa shape index (κ3) is 4.97. The van der Waals surface area contributed by atoms with Gasteiger partial charge in [-0.3, -0.25) is 0 Å². The molecule has 1 aliphatic rings. The Morgan fingerprint density at radius 1 is 1.38 bits per heavy atom. The summed E-state index contributed by atoms with van der Waals surface area (Å²) >= 11 is 3.52. The van der Waals surface area contributed by atoms with E-state index in [0.29, 0.717) is 12.5 Å². The third-order valence-corrected chi connectivity index (χ3v) is 4.64. The zero-order valence-corrected chi connectivity index (χ0v) is 14.6. The molecule has 0 aliphatic heterocycles. The van der Waals surface area contributed by atoms with Gasteiger partial charge < -0.3 is 15.2 Å².